The molecule has 0 spiro atoms. The summed E-state index contributed by atoms with van der Waals surface area (Å²) in [5, 5.41) is 9.50. The Morgan fingerprint density at radius 1 is 1.07 bits per heavy atom. The molecule has 0 bridgehead atoms. The molecule has 0 saturated heterocycles. The number of aromatic hydroxyl groups is 1. The Bertz CT molecular complexity index is 382. The van der Waals surface area contributed by atoms with Gasteiger partial charge in [0.15, 0.2) is 0 Å². The second-order valence-electron chi connectivity index (χ2n) is 3.84. The van der Waals surface area contributed by atoms with Crippen LogP contribution in [-0.2, 0) is 19.0 Å². The number of hydrogen-bond donors (Lipinski definition) is 1. The minimum atomic E-state index is -4.37. The lowest BCUT2D eigenvalue weighted by atomic mass is 9.89. The van der Waals surface area contributed by atoms with Gasteiger partial charge in [-0.25, -0.2) is 0 Å². The summed E-state index contributed by atoms with van der Waals surface area (Å²) in [6.45, 7) is 0. The van der Waals surface area contributed by atoms with Gasteiger partial charge in [0.1, 0.15) is 5.75 Å². The Morgan fingerprint density at radius 2 is 1.73 bits per heavy atom. The van der Waals surface area contributed by atoms with E-state index in [-0.39, 0.29) is 5.75 Å². The molecule has 0 aliphatic heterocycles. The molecule has 0 saturated carbocycles. The highest BCUT2D eigenvalue weighted by molar-refractivity contribution is 5.45. The maximum atomic E-state index is 12.4. The van der Waals surface area contributed by atoms with Gasteiger partial charge in [-0.15, -0.1) is 0 Å². The van der Waals surface area contributed by atoms with E-state index < -0.39 is 11.7 Å². The Labute approximate surface area is 85.5 Å². The van der Waals surface area contributed by atoms with Crippen LogP contribution in [0.3, 0.4) is 0 Å². The molecule has 0 amide bonds. The van der Waals surface area contributed by atoms with E-state index in [1.54, 1.807) is 0 Å². The number of phenols is 1. The maximum absolute atomic E-state index is 12.4. The fourth-order valence-corrected chi connectivity index (χ4v) is 2.01. The van der Waals surface area contributed by atoms with Crippen LogP contribution < -0.4 is 0 Å². The molecule has 15 heavy (non-hydrogen) atoms. The molecule has 0 aromatic heterocycles. The van der Waals surface area contributed by atoms with Gasteiger partial charge >= 0.3 is 6.18 Å². The second-order valence-corrected chi connectivity index (χ2v) is 3.84. The molecule has 0 fully saturated rings. The Hall–Kier alpha value is -1.19. The monoisotopic (exact) mass is 216 g/mol. The van der Waals surface area contributed by atoms with Crippen LogP contribution in [-0.4, -0.2) is 5.11 Å². The first-order valence-electron chi connectivity index (χ1n) is 4.90. The van der Waals surface area contributed by atoms with E-state index in [1.807, 2.05) is 0 Å². The molecule has 0 heterocycles. The molecule has 1 aliphatic carbocycles. The first-order valence-corrected chi connectivity index (χ1v) is 4.90. The zero-order valence-electron chi connectivity index (χ0n) is 8.06. The van der Waals surface area contributed by atoms with Crippen LogP contribution in [0.2, 0.25) is 0 Å². The quantitative estimate of drug-likeness (QED) is 0.705. The van der Waals surface area contributed by atoms with E-state index in [0.717, 1.165) is 25.0 Å². The van der Waals surface area contributed by atoms with Gasteiger partial charge in [0.25, 0.3) is 0 Å². The van der Waals surface area contributed by atoms with Crippen molar-refractivity contribution in [1.29, 1.82) is 0 Å². The van der Waals surface area contributed by atoms with Crippen molar-refractivity contribution >= 4 is 0 Å². The van der Waals surface area contributed by atoms with Crippen LogP contribution in [0.1, 0.15) is 29.5 Å². The van der Waals surface area contributed by atoms with E-state index in [1.165, 1.54) is 0 Å². The minimum Gasteiger partial charge on any atom is -0.508 e. The molecule has 1 aromatic carbocycles. The summed E-state index contributed by atoms with van der Waals surface area (Å²) in [5.74, 6) is -0.209. The number of halogens is 3. The number of benzene rings is 1. The highest BCUT2D eigenvalue weighted by Crippen LogP contribution is 2.37. The van der Waals surface area contributed by atoms with Crippen LogP contribution in [0.5, 0.6) is 5.75 Å². The van der Waals surface area contributed by atoms with E-state index in [0.29, 0.717) is 24.0 Å². The summed E-state index contributed by atoms with van der Waals surface area (Å²) in [4.78, 5) is 0. The zero-order chi connectivity index (χ0) is 11.1. The van der Waals surface area contributed by atoms with Crippen molar-refractivity contribution in [3.8, 4) is 5.75 Å². The van der Waals surface area contributed by atoms with E-state index in [4.69, 9.17) is 0 Å². The average molecular weight is 216 g/mol. The number of alkyl halides is 3. The smallest absolute Gasteiger partial charge is 0.416 e. The van der Waals surface area contributed by atoms with Gasteiger partial charge in [0.05, 0.1) is 5.56 Å². The molecule has 1 nitrogen and oxygen atoms in total. The number of aryl methyl sites for hydroxylation is 1. The molecule has 82 valence electrons. The third-order valence-corrected chi connectivity index (χ3v) is 2.77. The lowest BCUT2D eigenvalue weighted by Gasteiger charge is -2.19. The lowest BCUT2D eigenvalue weighted by molar-refractivity contribution is -0.137. The number of fused-ring (bicyclic) bond motifs is 1. The number of phenolic OH excluding ortho intramolecular Hbond substituents is 1. The molecular formula is C11H11F3O. The van der Waals surface area contributed by atoms with Crippen LogP contribution in [0.4, 0.5) is 13.2 Å². The summed E-state index contributed by atoms with van der Waals surface area (Å²) in [6.07, 6.45) is -1.23. The normalized spacial score (nSPS) is 16.2. The fraction of sp³-hybridized carbons (Fsp3) is 0.455. The van der Waals surface area contributed by atoms with Gasteiger partial charge in [-0.3, -0.25) is 0 Å². The van der Waals surface area contributed by atoms with Crippen LogP contribution in [0.15, 0.2) is 12.1 Å². The zero-order valence-corrected chi connectivity index (χ0v) is 8.06. The molecule has 1 aromatic rings. The standard InChI is InChI=1S/C11H11F3O/c12-11(13,14)8-5-7-3-1-2-4-9(7)10(15)6-8/h5-6,15H,1-4H2. The first kappa shape index (κ1) is 10.3. The topological polar surface area (TPSA) is 20.2 Å². The average Bonchev–Trinajstić information content (AvgIpc) is 2.16. The molecule has 4 heteroatoms. The van der Waals surface area contributed by atoms with Crippen molar-refractivity contribution in [2.24, 2.45) is 0 Å². The third kappa shape index (κ3) is 1.94. The van der Waals surface area contributed by atoms with E-state index in [9.17, 15) is 18.3 Å². The van der Waals surface area contributed by atoms with Crippen molar-refractivity contribution in [2.45, 2.75) is 31.9 Å². The van der Waals surface area contributed by atoms with Crippen molar-refractivity contribution in [3.63, 3.8) is 0 Å². The Kier molecular flexibility index (Phi) is 2.37. The predicted molar refractivity (Wildman–Crippen MR) is 49.8 cm³/mol. The van der Waals surface area contributed by atoms with Gasteiger partial charge in [-0.1, -0.05) is 0 Å². The third-order valence-electron chi connectivity index (χ3n) is 2.77. The van der Waals surface area contributed by atoms with E-state index in [2.05, 4.69) is 0 Å². The van der Waals surface area contributed by atoms with Crippen LogP contribution in [0.25, 0.3) is 0 Å². The molecule has 1 N–H and O–H groups in total. The number of rotatable bonds is 0. The highest BCUT2D eigenvalue weighted by atomic mass is 19.4. The summed E-state index contributed by atoms with van der Waals surface area (Å²) in [5.41, 5.74) is 0.587. The second kappa shape index (κ2) is 3.43. The molecule has 0 unspecified atom stereocenters. The summed E-state index contributed by atoms with van der Waals surface area (Å²) in [7, 11) is 0. The summed E-state index contributed by atoms with van der Waals surface area (Å²) in [6, 6.07) is 1.98. The van der Waals surface area contributed by atoms with Gasteiger partial charge in [-0.05, 0) is 48.9 Å². The van der Waals surface area contributed by atoms with E-state index >= 15 is 0 Å². The fourth-order valence-electron chi connectivity index (χ4n) is 2.01. The summed E-state index contributed by atoms with van der Waals surface area (Å²) < 4.78 is 37.3. The van der Waals surface area contributed by atoms with Crippen molar-refractivity contribution in [2.75, 3.05) is 0 Å². The van der Waals surface area contributed by atoms with Crippen molar-refractivity contribution in [1.82, 2.24) is 0 Å². The highest BCUT2D eigenvalue weighted by Gasteiger charge is 2.32. The Balaban J connectivity index is 2.50. The molecule has 2 rings (SSSR count). The molecular weight excluding hydrogens is 205 g/mol. The van der Waals surface area contributed by atoms with Gasteiger partial charge in [-0.2, -0.15) is 13.2 Å². The number of hydrogen-bond acceptors (Lipinski definition) is 1. The SMILES string of the molecule is Oc1cc(C(F)(F)F)cc2c1CCCC2. The molecule has 1 aliphatic rings. The maximum Gasteiger partial charge on any atom is 0.416 e. The Morgan fingerprint density at radius 3 is 2.40 bits per heavy atom. The van der Waals surface area contributed by atoms with Gasteiger partial charge in [0, 0.05) is 0 Å². The predicted octanol–water partition coefficient (Wildman–Crippen LogP) is 3.29. The van der Waals surface area contributed by atoms with Gasteiger partial charge < -0.3 is 5.11 Å². The largest absolute Gasteiger partial charge is 0.508 e. The van der Waals surface area contributed by atoms with Crippen molar-refractivity contribution < 1.29 is 18.3 Å². The minimum absolute atomic E-state index is 0.209. The molecule has 0 radical (unpaired) electrons. The van der Waals surface area contributed by atoms with Crippen LogP contribution in [0, 0.1) is 0 Å². The van der Waals surface area contributed by atoms with Crippen LogP contribution >= 0.6 is 0 Å². The lowest BCUT2D eigenvalue weighted by Crippen LogP contribution is -2.09. The van der Waals surface area contributed by atoms with Gasteiger partial charge in [0.2, 0.25) is 0 Å². The molecule has 0 atom stereocenters. The first-order chi connectivity index (χ1) is 6.98. The van der Waals surface area contributed by atoms with Crippen molar-refractivity contribution in [3.05, 3.63) is 28.8 Å². The summed E-state index contributed by atoms with van der Waals surface area (Å²) >= 11 is 0.